The third-order valence-electron chi connectivity index (χ3n) is 3.47. The van der Waals surface area contributed by atoms with Gasteiger partial charge in [0, 0.05) is 5.39 Å². The van der Waals surface area contributed by atoms with E-state index in [1.54, 1.807) is 37.3 Å². The number of phenols is 1. The Morgan fingerprint density at radius 3 is 2.38 bits per heavy atom. The quantitative estimate of drug-likeness (QED) is 0.570. The number of aromatic hydroxyl groups is 1. The van der Waals surface area contributed by atoms with Crippen LogP contribution in [0, 0.1) is 6.92 Å². The van der Waals surface area contributed by atoms with Gasteiger partial charge in [0.15, 0.2) is 0 Å². The Bertz CT molecular complexity index is 1050. The molecule has 0 aromatic heterocycles. The highest BCUT2D eigenvalue weighted by Gasteiger charge is 2.15. The molecule has 0 aliphatic carbocycles. The van der Waals surface area contributed by atoms with E-state index >= 15 is 0 Å². The summed E-state index contributed by atoms with van der Waals surface area (Å²) in [6, 6.07) is 14.7. The van der Waals surface area contributed by atoms with Crippen LogP contribution in [0.15, 0.2) is 69.7 Å². The highest BCUT2D eigenvalue weighted by atomic mass is 32.2. The van der Waals surface area contributed by atoms with Crippen LogP contribution in [0.4, 0.5) is 11.4 Å². The normalized spacial score (nSPS) is 12.1. The highest BCUT2D eigenvalue weighted by Crippen LogP contribution is 2.40. The zero-order chi connectivity index (χ0) is 17.3. The van der Waals surface area contributed by atoms with Crippen molar-refractivity contribution in [3.05, 3.63) is 60.2 Å². The molecule has 3 aromatic carbocycles. The van der Waals surface area contributed by atoms with Gasteiger partial charge in [-0.3, -0.25) is 0 Å². The summed E-state index contributed by atoms with van der Waals surface area (Å²) in [6.45, 7) is 1.69. The SMILES string of the molecule is Cc1cc(S(=O)(=O)[O-])c2c(N=Nc3ccccc3)c(O)ccc2c1. The van der Waals surface area contributed by atoms with Gasteiger partial charge in [-0.05, 0) is 42.1 Å². The van der Waals surface area contributed by atoms with Crippen molar-refractivity contribution in [1.29, 1.82) is 0 Å². The number of benzene rings is 3. The van der Waals surface area contributed by atoms with Crippen molar-refractivity contribution >= 4 is 32.3 Å². The van der Waals surface area contributed by atoms with Gasteiger partial charge in [-0.2, -0.15) is 5.11 Å². The molecular formula is C17H13N2O4S-. The molecular weight excluding hydrogens is 328 g/mol. The lowest BCUT2D eigenvalue weighted by Crippen LogP contribution is -2.00. The summed E-state index contributed by atoms with van der Waals surface area (Å²) in [5, 5.41) is 18.6. The number of aryl methyl sites for hydroxylation is 1. The lowest BCUT2D eigenvalue weighted by molar-refractivity contribution is 0.464. The fourth-order valence-electron chi connectivity index (χ4n) is 2.44. The molecule has 0 saturated heterocycles. The maximum Gasteiger partial charge on any atom is 0.143 e. The minimum Gasteiger partial charge on any atom is -0.744 e. The minimum atomic E-state index is -4.74. The van der Waals surface area contributed by atoms with Gasteiger partial charge >= 0.3 is 0 Å². The maximum absolute atomic E-state index is 11.6. The van der Waals surface area contributed by atoms with Crippen LogP contribution in [0.25, 0.3) is 10.8 Å². The van der Waals surface area contributed by atoms with E-state index in [0.717, 1.165) is 0 Å². The Morgan fingerprint density at radius 2 is 1.71 bits per heavy atom. The van der Waals surface area contributed by atoms with Crippen LogP contribution in [0.5, 0.6) is 5.75 Å². The number of phenolic OH excluding ortho intramolecular Hbond substituents is 1. The number of hydrogen-bond acceptors (Lipinski definition) is 6. The van der Waals surface area contributed by atoms with Crippen LogP contribution >= 0.6 is 0 Å². The Kier molecular flexibility index (Phi) is 4.04. The summed E-state index contributed by atoms with van der Waals surface area (Å²) < 4.78 is 34.9. The molecule has 0 aliphatic rings. The second kappa shape index (κ2) is 6.03. The Labute approximate surface area is 138 Å². The molecule has 0 aliphatic heterocycles. The number of nitrogens with zero attached hydrogens (tertiary/aromatic N) is 2. The molecule has 122 valence electrons. The number of fused-ring (bicyclic) bond motifs is 1. The summed E-state index contributed by atoms with van der Waals surface area (Å²) >= 11 is 0. The van der Waals surface area contributed by atoms with Crippen molar-refractivity contribution in [2.75, 3.05) is 0 Å². The summed E-state index contributed by atoms with van der Waals surface area (Å²) in [4.78, 5) is -0.421. The predicted octanol–water partition coefficient (Wildman–Crippen LogP) is 4.17. The van der Waals surface area contributed by atoms with E-state index in [9.17, 15) is 18.1 Å². The van der Waals surface area contributed by atoms with Gasteiger partial charge in [-0.15, -0.1) is 5.11 Å². The fraction of sp³-hybridized carbons (Fsp3) is 0.0588. The first kappa shape index (κ1) is 16.1. The summed E-state index contributed by atoms with van der Waals surface area (Å²) in [7, 11) is -4.74. The van der Waals surface area contributed by atoms with Gasteiger partial charge in [-0.1, -0.05) is 30.3 Å². The van der Waals surface area contributed by atoms with Crippen LogP contribution in [0.3, 0.4) is 0 Å². The van der Waals surface area contributed by atoms with Crippen LogP contribution in [-0.2, 0) is 10.1 Å². The van der Waals surface area contributed by atoms with Crippen LogP contribution in [-0.4, -0.2) is 18.1 Å². The molecule has 7 heteroatoms. The van der Waals surface area contributed by atoms with Crippen LogP contribution in [0.2, 0.25) is 0 Å². The lowest BCUT2D eigenvalue weighted by atomic mass is 10.1. The van der Waals surface area contributed by atoms with E-state index in [2.05, 4.69) is 10.2 Å². The molecule has 24 heavy (non-hydrogen) atoms. The molecule has 0 spiro atoms. The van der Waals surface area contributed by atoms with Gasteiger partial charge in [0.05, 0.1) is 10.6 Å². The number of rotatable bonds is 3. The zero-order valence-electron chi connectivity index (χ0n) is 12.7. The van der Waals surface area contributed by atoms with Gasteiger partial charge in [0.2, 0.25) is 0 Å². The van der Waals surface area contributed by atoms with Crippen molar-refractivity contribution in [1.82, 2.24) is 0 Å². The third-order valence-corrected chi connectivity index (χ3v) is 4.33. The molecule has 0 amide bonds. The molecule has 0 atom stereocenters. The van der Waals surface area contributed by atoms with E-state index in [4.69, 9.17) is 0 Å². The molecule has 6 nitrogen and oxygen atoms in total. The first-order chi connectivity index (χ1) is 11.4. The summed E-state index contributed by atoms with van der Waals surface area (Å²) in [6.07, 6.45) is 0. The molecule has 3 rings (SSSR count). The van der Waals surface area contributed by atoms with Crippen LogP contribution in [0.1, 0.15) is 5.56 Å². The minimum absolute atomic E-state index is 0.0502. The second-order valence-electron chi connectivity index (χ2n) is 5.28. The zero-order valence-corrected chi connectivity index (χ0v) is 13.5. The molecule has 0 heterocycles. The molecule has 0 saturated carbocycles. The highest BCUT2D eigenvalue weighted by molar-refractivity contribution is 7.86. The Hall–Kier alpha value is -2.77. The molecule has 0 unspecified atom stereocenters. The average molecular weight is 341 g/mol. The van der Waals surface area contributed by atoms with E-state index < -0.39 is 15.0 Å². The van der Waals surface area contributed by atoms with Crippen molar-refractivity contribution < 1.29 is 18.1 Å². The van der Waals surface area contributed by atoms with E-state index in [1.165, 1.54) is 18.2 Å². The Morgan fingerprint density at radius 1 is 1.00 bits per heavy atom. The molecule has 0 fully saturated rings. The smallest absolute Gasteiger partial charge is 0.143 e. The van der Waals surface area contributed by atoms with E-state index in [1.807, 2.05) is 6.07 Å². The molecule has 3 aromatic rings. The maximum atomic E-state index is 11.6. The summed E-state index contributed by atoms with van der Waals surface area (Å²) in [5.74, 6) is -0.254. The van der Waals surface area contributed by atoms with Crippen LogP contribution < -0.4 is 0 Å². The Balaban J connectivity index is 2.31. The van der Waals surface area contributed by atoms with Crippen molar-refractivity contribution in [3.63, 3.8) is 0 Å². The lowest BCUT2D eigenvalue weighted by Gasteiger charge is -2.14. The number of hydrogen-bond donors (Lipinski definition) is 1. The molecule has 1 N–H and O–H groups in total. The van der Waals surface area contributed by atoms with Gasteiger partial charge in [0.1, 0.15) is 21.6 Å². The number of azo groups is 1. The first-order valence-corrected chi connectivity index (χ1v) is 8.46. The topological polar surface area (TPSA) is 102 Å². The largest absolute Gasteiger partial charge is 0.744 e. The summed E-state index contributed by atoms with van der Waals surface area (Å²) in [5.41, 5.74) is 1.10. The second-order valence-corrected chi connectivity index (χ2v) is 6.63. The van der Waals surface area contributed by atoms with Gasteiger partial charge in [-0.25, -0.2) is 8.42 Å². The van der Waals surface area contributed by atoms with E-state index in [0.29, 0.717) is 16.6 Å². The van der Waals surface area contributed by atoms with E-state index in [-0.39, 0.29) is 16.8 Å². The monoisotopic (exact) mass is 341 g/mol. The standard InChI is InChI=1S/C17H14N2O4S/c1-11-9-12-7-8-14(20)17(16(12)15(10-11)24(21,22)23)19-18-13-5-3-2-4-6-13/h2-10,20H,1H3,(H,21,22,23)/p-1. The average Bonchev–Trinajstić information content (AvgIpc) is 2.53. The third kappa shape index (κ3) is 3.12. The molecule has 0 bridgehead atoms. The first-order valence-electron chi connectivity index (χ1n) is 7.05. The van der Waals surface area contributed by atoms with Crippen molar-refractivity contribution in [2.45, 2.75) is 11.8 Å². The van der Waals surface area contributed by atoms with Gasteiger partial charge in [0.25, 0.3) is 0 Å². The van der Waals surface area contributed by atoms with Crippen molar-refractivity contribution in [2.24, 2.45) is 10.2 Å². The molecule has 0 radical (unpaired) electrons. The fourth-order valence-corrected chi connectivity index (χ4v) is 3.24. The van der Waals surface area contributed by atoms with Crippen molar-refractivity contribution in [3.8, 4) is 5.75 Å². The van der Waals surface area contributed by atoms with Gasteiger partial charge < -0.3 is 9.66 Å². The predicted molar refractivity (Wildman–Crippen MR) is 88.9 cm³/mol.